The summed E-state index contributed by atoms with van der Waals surface area (Å²) in [7, 11) is 0. The van der Waals surface area contributed by atoms with Gasteiger partial charge in [0.2, 0.25) is 0 Å². The van der Waals surface area contributed by atoms with Crippen molar-refractivity contribution in [1.82, 2.24) is 4.98 Å². The Balaban J connectivity index is 2.43. The second-order valence-electron chi connectivity index (χ2n) is 2.92. The fourth-order valence-corrected chi connectivity index (χ4v) is 1.75. The average molecular weight is 228 g/mol. The van der Waals surface area contributed by atoms with Crippen LogP contribution in [0.15, 0.2) is 24.5 Å². The molecule has 1 aromatic heterocycles. The van der Waals surface area contributed by atoms with E-state index in [-0.39, 0.29) is 5.75 Å². The first kappa shape index (κ1) is 12.0. The number of aliphatic hydroxyl groups is 1. The predicted molar refractivity (Wildman–Crippen MR) is 57.3 cm³/mol. The first-order valence-electron chi connectivity index (χ1n) is 4.29. The number of aliphatic hydroxyl groups excluding tert-OH is 1. The molecule has 5 nitrogen and oxygen atoms in total. The molecule has 0 spiro atoms. The summed E-state index contributed by atoms with van der Waals surface area (Å²) in [6.07, 6.45) is 3.13. The Morgan fingerprint density at radius 3 is 2.93 bits per heavy atom. The molecule has 0 fully saturated rings. The number of nitrogens with zero attached hydrogens (tertiary/aromatic N) is 1. The van der Waals surface area contributed by atoms with Crippen LogP contribution in [0.1, 0.15) is 11.0 Å². The zero-order valence-electron chi connectivity index (χ0n) is 7.91. The van der Waals surface area contributed by atoms with E-state index >= 15 is 0 Å². The summed E-state index contributed by atoms with van der Waals surface area (Å²) >= 11 is 1.08. The second-order valence-corrected chi connectivity index (χ2v) is 4.03. The third kappa shape index (κ3) is 3.86. The SMILES string of the molecule is N[C@@H](CS[C@H](O)c1cccnc1)C(=O)O. The van der Waals surface area contributed by atoms with Crippen molar-refractivity contribution in [2.24, 2.45) is 5.73 Å². The third-order valence-corrected chi connectivity index (χ3v) is 2.86. The number of thioether (sulfide) groups is 1. The molecule has 0 aliphatic heterocycles. The number of carboxylic acid groups (broad SMARTS) is 1. The van der Waals surface area contributed by atoms with Crippen LogP contribution in [0, 0.1) is 0 Å². The van der Waals surface area contributed by atoms with Gasteiger partial charge in [-0.1, -0.05) is 6.07 Å². The summed E-state index contributed by atoms with van der Waals surface area (Å²) in [6, 6.07) is 2.47. The molecule has 0 amide bonds. The lowest BCUT2D eigenvalue weighted by molar-refractivity contribution is -0.137. The Kier molecular flexibility index (Phi) is 4.54. The molecule has 0 unspecified atom stereocenters. The molecule has 1 aromatic rings. The molecule has 1 heterocycles. The summed E-state index contributed by atoms with van der Waals surface area (Å²) in [4.78, 5) is 14.3. The van der Waals surface area contributed by atoms with Gasteiger partial charge in [-0.05, 0) is 6.07 Å². The minimum Gasteiger partial charge on any atom is -0.480 e. The van der Waals surface area contributed by atoms with Crippen molar-refractivity contribution in [1.29, 1.82) is 0 Å². The molecule has 15 heavy (non-hydrogen) atoms. The molecule has 0 aromatic carbocycles. The Hall–Kier alpha value is -1.11. The van der Waals surface area contributed by atoms with Gasteiger partial charge >= 0.3 is 5.97 Å². The lowest BCUT2D eigenvalue weighted by Gasteiger charge is -2.11. The minimum atomic E-state index is -1.07. The monoisotopic (exact) mass is 228 g/mol. The number of pyridine rings is 1. The number of nitrogens with two attached hydrogens (primary N) is 1. The number of aliphatic carboxylic acids is 1. The average Bonchev–Trinajstić information content (AvgIpc) is 2.26. The van der Waals surface area contributed by atoms with Crippen LogP contribution < -0.4 is 5.73 Å². The first-order chi connectivity index (χ1) is 7.11. The molecule has 4 N–H and O–H groups in total. The second kappa shape index (κ2) is 5.69. The van der Waals surface area contributed by atoms with Crippen molar-refractivity contribution in [2.45, 2.75) is 11.5 Å². The van der Waals surface area contributed by atoms with E-state index in [1.807, 2.05) is 0 Å². The molecule has 0 aliphatic rings. The Bertz CT molecular complexity index is 320. The van der Waals surface area contributed by atoms with E-state index in [1.54, 1.807) is 18.3 Å². The van der Waals surface area contributed by atoms with Gasteiger partial charge in [0.15, 0.2) is 0 Å². The van der Waals surface area contributed by atoms with Gasteiger partial charge in [0.05, 0.1) is 0 Å². The lowest BCUT2D eigenvalue weighted by atomic mass is 10.3. The summed E-state index contributed by atoms with van der Waals surface area (Å²) in [5, 5.41) is 18.2. The number of hydrogen-bond acceptors (Lipinski definition) is 5. The Morgan fingerprint density at radius 1 is 1.67 bits per heavy atom. The molecule has 0 saturated carbocycles. The Labute approximate surface area is 91.3 Å². The van der Waals surface area contributed by atoms with E-state index < -0.39 is 17.4 Å². The van der Waals surface area contributed by atoms with Gasteiger partial charge in [-0.15, -0.1) is 11.8 Å². The van der Waals surface area contributed by atoms with Gasteiger partial charge in [-0.3, -0.25) is 9.78 Å². The van der Waals surface area contributed by atoms with Crippen molar-refractivity contribution in [2.75, 3.05) is 5.75 Å². The standard InChI is InChI=1S/C9H12N2O3S/c10-7(8(12)13)5-15-9(14)6-2-1-3-11-4-6/h1-4,7,9,14H,5,10H2,(H,12,13)/t7-,9-/m0/s1. The topological polar surface area (TPSA) is 96.4 Å². The number of hydrogen-bond donors (Lipinski definition) is 3. The van der Waals surface area contributed by atoms with Gasteiger partial charge in [-0.2, -0.15) is 0 Å². The lowest BCUT2D eigenvalue weighted by Crippen LogP contribution is -2.32. The van der Waals surface area contributed by atoms with Crippen LogP contribution >= 0.6 is 11.8 Å². The molecular weight excluding hydrogens is 216 g/mol. The molecule has 2 atom stereocenters. The molecule has 0 bridgehead atoms. The molecule has 1 rings (SSSR count). The van der Waals surface area contributed by atoms with E-state index in [1.165, 1.54) is 6.20 Å². The van der Waals surface area contributed by atoms with Crippen LogP contribution in [0.2, 0.25) is 0 Å². The van der Waals surface area contributed by atoms with E-state index in [0.717, 1.165) is 11.8 Å². The maximum Gasteiger partial charge on any atom is 0.321 e. The smallest absolute Gasteiger partial charge is 0.321 e. The highest BCUT2D eigenvalue weighted by atomic mass is 32.2. The zero-order valence-corrected chi connectivity index (χ0v) is 8.72. The summed E-state index contributed by atoms with van der Waals surface area (Å²) in [5.41, 5.74) is 5.15. The van der Waals surface area contributed by atoms with Crippen LogP contribution in [0.5, 0.6) is 0 Å². The van der Waals surface area contributed by atoms with Gasteiger partial charge in [-0.25, -0.2) is 0 Å². The molecule has 0 aliphatic carbocycles. The highest BCUT2D eigenvalue weighted by Gasteiger charge is 2.15. The third-order valence-electron chi connectivity index (χ3n) is 1.72. The molecule has 82 valence electrons. The number of carbonyl (C=O) groups is 1. The van der Waals surface area contributed by atoms with Crippen LogP contribution in [0.25, 0.3) is 0 Å². The normalized spacial score (nSPS) is 14.5. The van der Waals surface area contributed by atoms with E-state index in [0.29, 0.717) is 5.56 Å². The van der Waals surface area contributed by atoms with Crippen molar-refractivity contribution in [3.05, 3.63) is 30.1 Å². The van der Waals surface area contributed by atoms with E-state index in [4.69, 9.17) is 10.8 Å². The maximum atomic E-state index is 10.4. The molecular formula is C9H12N2O3S. The first-order valence-corrected chi connectivity index (χ1v) is 5.34. The Morgan fingerprint density at radius 2 is 2.40 bits per heavy atom. The summed E-state index contributed by atoms with van der Waals surface area (Å²) in [5.74, 6) is -0.910. The van der Waals surface area contributed by atoms with Gasteiger partial charge in [0, 0.05) is 23.7 Å². The van der Waals surface area contributed by atoms with Crippen LogP contribution in [0.4, 0.5) is 0 Å². The fraction of sp³-hybridized carbons (Fsp3) is 0.333. The summed E-state index contributed by atoms with van der Waals surface area (Å²) < 4.78 is 0. The van der Waals surface area contributed by atoms with E-state index in [2.05, 4.69) is 4.98 Å². The molecule has 0 radical (unpaired) electrons. The van der Waals surface area contributed by atoms with Crippen molar-refractivity contribution < 1.29 is 15.0 Å². The van der Waals surface area contributed by atoms with Crippen LogP contribution in [-0.2, 0) is 4.79 Å². The van der Waals surface area contributed by atoms with E-state index in [9.17, 15) is 9.90 Å². The predicted octanol–water partition coefficient (Wildman–Crippen LogP) is 0.218. The molecule has 0 saturated heterocycles. The number of aromatic nitrogens is 1. The summed E-state index contributed by atoms with van der Waals surface area (Å²) in [6.45, 7) is 0. The van der Waals surface area contributed by atoms with Gasteiger partial charge in [0.25, 0.3) is 0 Å². The number of rotatable bonds is 5. The van der Waals surface area contributed by atoms with Crippen LogP contribution in [-0.4, -0.2) is 33.0 Å². The minimum absolute atomic E-state index is 0.158. The van der Waals surface area contributed by atoms with Crippen molar-refractivity contribution in [3.63, 3.8) is 0 Å². The van der Waals surface area contributed by atoms with Gasteiger partial charge < -0.3 is 15.9 Å². The highest BCUT2D eigenvalue weighted by molar-refractivity contribution is 7.99. The van der Waals surface area contributed by atoms with Crippen molar-refractivity contribution >= 4 is 17.7 Å². The largest absolute Gasteiger partial charge is 0.480 e. The fourth-order valence-electron chi connectivity index (χ4n) is 0.884. The highest BCUT2D eigenvalue weighted by Crippen LogP contribution is 2.24. The van der Waals surface area contributed by atoms with Crippen LogP contribution in [0.3, 0.4) is 0 Å². The molecule has 6 heteroatoms. The quantitative estimate of drug-likeness (QED) is 0.624. The van der Waals surface area contributed by atoms with Crippen molar-refractivity contribution in [3.8, 4) is 0 Å². The number of carboxylic acids is 1. The van der Waals surface area contributed by atoms with Gasteiger partial charge in [0.1, 0.15) is 11.5 Å². The zero-order chi connectivity index (χ0) is 11.3. The maximum absolute atomic E-state index is 10.4.